The lowest BCUT2D eigenvalue weighted by atomic mass is 9.98. The molecule has 0 bridgehead atoms. The molecule has 4 heterocycles. The van der Waals surface area contributed by atoms with Crippen LogP contribution < -0.4 is 10.6 Å². The van der Waals surface area contributed by atoms with Gasteiger partial charge in [-0.2, -0.15) is 0 Å². The molecular weight excluding hydrogens is 827 g/mol. The number of nitrogens with zero attached hydrogens (tertiary/aromatic N) is 4. The van der Waals surface area contributed by atoms with Gasteiger partial charge in [0.1, 0.15) is 23.7 Å². The number of alkyl halides is 2. The van der Waals surface area contributed by atoms with E-state index in [1.165, 1.54) is 14.2 Å². The molecule has 5 atom stereocenters. The zero-order chi connectivity index (χ0) is 45.1. The van der Waals surface area contributed by atoms with Crippen molar-refractivity contribution in [3.05, 3.63) is 121 Å². The maximum atomic E-state index is 14.9. The van der Waals surface area contributed by atoms with Gasteiger partial charge in [0.2, 0.25) is 5.91 Å². The average molecular weight is 875 g/mol. The SMILES string of the molecule is COC(=O)NC(C(=O)N1CCCC1c1ncc(-c2ccc3cc(-c4ccc(-c5cnc(C6CC(F)(F)CN6C(=O)C(NC(=O)OC)C(C)OC)[nH]5)cc4)ccc3c2)[nH]1)c1ccccc1. The lowest BCUT2D eigenvalue weighted by molar-refractivity contribution is -0.139. The fourth-order valence-electron chi connectivity index (χ4n) is 8.50. The van der Waals surface area contributed by atoms with E-state index in [1.54, 1.807) is 36.4 Å². The van der Waals surface area contributed by atoms with Gasteiger partial charge in [-0.15, -0.1) is 0 Å². The highest BCUT2D eigenvalue weighted by molar-refractivity contribution is 5.91. The highest BCUT2D eigenvalue weighted by Crippen LogP contribution is 2.41. The number of aromatic amines is 2. The van der Waals surface area contributed by atoms with Crippen molar-refractivity contribution < 1.29 is 42.2 Å². The molecule has 64 heavy (non-hydrogen) atoms. The van der Waals surface area contributed by atoms with E-state index in [2.05, 4.69) is 48.5 Å². The summed E-state index contributed by atoms with van der Waals surface area (Å²) in [5, 5.41) is 7.15. The van der Waals surface area contributed by atoms with Gasteiger partial charge in [0.15, 0.2) is 0 Å². The summed E-state index contributed by atoms with van der Waals surface area (Å²) in [5.41, 5.74) is 5.72. The highest BCUT2D eigenvalue weighted by atomic mass is 19.3. The van der Waals surface area contributed by atoms with E-state index >= 15 is 0 Å². The third-order valence-electron chi connectivity index (χ3n) is 12.0. The number of H-pyrrole nitrogens is 2. The summed E-state index contributed by atoms with van der Waals surface area (Å²) in [4.78, 5) is 70.3. The molecule has 15 nitrogen and oxygen atoms in total. The molecule has 0 spiro atoms. The van der Waals surface area contributed by atoms with Crippen LogP contribution in [0.5, 0.6) is 0 Å². The molecule has 4 aromatic carbocycles. The number of imidazole rings is 2. The number of carbonyl (C=O) groups excluding carboxylic acids is 4. The molecular formula is C47H48F2N8O7. The number of carbonyl (C=O) groups is 4. The first-order chi connectivity index (χ1) is 30.9. The molecule has 17 heteroatoms. The standard InChI is InChI=1S/C47H48F2N8O7/c1-27(62-2)39(54-45(60)63-3)43(58)57-26-47(48,49)23-38(57)42-51-24-35(52-42)29-14-12-28(13-15-29)31-16-17-33-22-34(19-18-32(33)21-31)36-25-50-41(53-36)37-11-8-20-56(37)44(59)40(55-46(61)64-4)30-9-6-5-7-10-30/h5-7,9-10,12-19,21-22,24-25,27,37-40H,8,11,20,23,26H2,1-4H3,(H,50,53)(H,51,52)(H,54,60)(H,55,61). The number of hydrogen-bond donors (Lipinski definition) is 4. The van der Waals surface area contributed by atoms with E-state index < -0.39 is 61.2 Å². The maximum Gasteiger partial charge on any atom is 0.407 e. The summed E-state index contributed by atoms with van der Waals surface area (Å²) in [5.74, 6) is -3.28. The van der Waals surface area contributed by atoms with E-state index in [-0.39, 0.29) is 17.8 Å². The Balaban J connectivity index is 0.956. The Morgan fingerprint density at radius 1 is 0.719 bits per heavy atom. The van der Waals surface area contributed by atoms with E-state index in [1.807, 2.05) is 60.7 Å². The first kappa shape index (κ1) is 43.5. The Bertz CT molecular complexity index is 2650. The Morgan fingerprint density at radius 2 is 1.30 bits per heavy atom. The largest absolute Gasteiger partial charge is 0.453 e. The minimum atomic E-state index is -3.17. The van der Waals surface area contributed by atoms with Crippen molar-refractivity contribution in [2.24, 2.45) is 0 Å². The van der Waals surface area contributed by atoms with Crippen LogP contribution in [0.3, 0.4) is 0 Å². The minimum Gasteiger partial charge on any atom is -0.453 e. The quantitative estimate of drug-likeness (QED) is 0.0957. The molecule has 2 fully saturated rings. The molecule has 0 saturated carbocycles. The zero-order valence-electron chi connectivity index (χ0n) is 35.6. The van der Waals surface area contributed by atoms with Gasteiger partial charge in [-0.3, -0.25) is 9.59 Å². The van der Waals surface area contributed by atoms with E-state index in [0.717, 1.165) is 63.6 Å². The van der Waals surface area contributed by atoms with Crippen LogP contribution in [0.25, 0.3) is 44.4 Å². The molecule has 2 aliphatic rings. The molecule has 2 saturated heterocycles. The minimum absolute atomic E-state index is 0.198. The summed E-state index contributed by atoms with van der Waals surface area (Å²) in [6.45, 7) is 1.24. The van der Waals surface area contributed by atoms with Crippen molar-refractivity contribution in [1.82, 2.24) is 40.4 Å². The van der Waals surface area contributed by atoms with Gasteiger partial charge < -0.3 is 44.6 Å². The number of aromatic nitrogens is 4. The summed E-state index contributed by atoms with van der Waals surface area (Å²) in [7, 11) is 3.77. The molecule has 4 N–H and O–H groups in total. The van der Waals surface area contributed by atoms with E-state index in [0.29, 0.717) is 23.6 Å². The Hall–Kier alpha value is -7.14. The number of hydrogen-bond acceptors (Lipinski definition) is 9. The third kappa shape index (κ3) is 9.02. The lowest BCUT2D eigenvalue weighted by Crippen LogP contribution is -2.54. The smallest absolute Gasteiger partial charge is 0.407 e. The van der Waals surface area contributed by atoms with Gasteiger partial charge in [-0.05, 0) is 64.9 Å². The van der Waals surface area contributed by atoms with Crippen LogP contribution >= 0.6 is 0 Å². The summed E-state index contributed by atoms with van der Waals surface area (Å²) in [6.07, 6.45) is 1.81. The predicted octanol–water partition coefficient (Wildman–Crippen LogP) is 7.72. The molecule has 0 radical (unpaired) electrons. The van der Waals surface area contributed by atoms with Crippen molar-refractivity contribution in [3.63, 3.8) is 0 Å². The number of rotatable bonds is 12. The molecule has 8 rings (SSSR count). The Labute approximate surface area is 367 Å². The van der Waals surface area contributed by atoms with Crippen LogP contribution in [-0.2, 0) is 23.8 Å². The van der Waals surface area contributed by atoms with Crippen LogP contribution in [0.4, 0.5) is 18.4 Å². The Kier molecular flexibility index (Phi) is 12.4. The van der Waals surface area contributed by atoms with Gasteiger partial charge in [0, 0.05) is 25.6 Å². The Morgan fingerprint density at radius 3 is 1.95 bits per heavy atom. The summed E-state index contributed by atoms with van der Waals surface area (Å²) in [6, 6.07) is 25.7. The molecule has 2 aliphatic heterocycles. The molecule has 5 unspecified atom stereocenters. The fourth-order valence-corrected chi connectivity index (χ4v) is 8.50. The monoisotopic (exact) mass is 874 g/mol. The third-order valence-corrected chi connectivity index (χ3v) is 12.0. The van der Waals surface area contributed by atoms with Crippen molar-refractivity contribution in [2.45, 2.75) is 62.4 Å². The topological polar surface area (TPSA) is 184 Å². The number of amides is 4. The van der Waals surface area contributed by atoms with Crippen molar-refractivity contribution in [1.29, 1.82) is 0 Å². The van der Waals surface area contributed by atoms with Gasteiger partial charge in [-0.25, -0.2) is 28.3 Å². The van der Waals surface area contributed by atoms with Crippen molar-refractivity contribution >= 4 is 34.8 Å². The number of halogens is 2. The molecule has 2 aromatic heterocycles. The highest BCUT2D eigenvalue weighted by Gasteiger charge is 2.50. The fraction of sp³-hybridized carbons (Fsp3) is 0.319. The number of fused-ring (bicyclic) bond motifs is 1. The number of ether oxygens (including phenoxy) is 3. The number of alkyl carbamates (subject to hydrolysis) is 2. The zero-order valence-corrected chi connectivity index (χ0v) is 35.6. The van der Waals surface area contributed by atoms with Gasteiger partial charge in [-0.1, -0.05) is 78.9 Å². The van der Waals surface area contributed by atoms with E-state index in [4.69, 9.17) is 14.5 Å². The van der Waals surface area contributed by atoms with Crippen LogP contribution in [0, 0.1) is 0 Å². The van der Waals surface area contributed by atoms with Gasteiger partial charge in [0.25, 0.3) is 11.8 Å². The molecule has 4 amide bonds. The first-order valence-electron chi connectivity index (χ1n) is 20.9. The average Bonchev–Trinajstić information content (AvgIpc) is 4.16. The first-order valence-corrected chi connectivity index (χ1v) is 20.9. The summed E-state index contributed by atoms with van der Waals surface area (Å²) < 4.78 is 44.5. The van der Waals surface area contributed by atoms with Crippen LogP contribution in [0.15, 0.2) is 103 Å². The lowest BCUT2D eigenvalue weighted by Gasteiger charge is -2.30. The maximum absolute atomic E-state index is 14.9. The number of benzene rings is 4. The summed E-state index contributed by atoms with van der Waals surface area (Å²) >= 11 is 0. The predicted molar refractivity (Wildman–Crippen MR) is 233 cm³/mol. The van der Waals surface area contributed by atoms with Crippen LogP contribution in [0.1, 0.15) is 61.5 Å². The second kappa shape index (κ2) is 18.3. The normalized spacial score (nSPS) is 18.3. The second-order valence-electron chi connectivity index (χ2n) is 16.0. The second-order valence-corrected chi connectivity index (χ2v) is 16.0. The van der Waals surface area contributed by atoms with Crippen molar-refractivity contribution in [2.75, 3.05) is 34.4 Å². The van der Waals surface area contributed by atoms with E-state index in [9.17, 15) is 28.0 Å². The number of nitrogens with one attached hydrogen (secondary N) is 4. The molecule has 332 valence electrons. The molecule has 0 aliphatic carbocycles. The van der Waals surface area contributed by atoms with Gasteiger partial charge in [0.05, 0.1) is 62.7 Å². The molecule has 6 aromatic rings. The number of likely N-dealkylation sites (tertiary alicyclic amines) is 2. The van der Waals surface area contributed by atoms with Gasteiger partial charge >= 0.3 is 12.2 Å². The van der Waals surface area contributed by atoms with Crippen LogP contribution in [-0.4, -0.2) is 106 Å². The van der Waals surface area contributed by atoms with Crippen molar-refractivity contribution in [3.8, 4) is 33.6 Å². The number of methoxy groups -OCH3 is 3. The van der Waals surface area contributed by atoms with Crippen LogP contribution in [0.2, 0.25) is 0 Å².